The molecule has 4 rings (SSSR count). The Balaban J connectivity index is 1.74. The van der Waals surface area contributed by atoms with E-state index in [0.717, 1.165) is 6.20 Å². The van der Waals surface area contributed by atoms with Crippen LogP contribution in [0, 0.1) is 5.82 Å². The van der Waals surface area contributed by atoms with E-state index in [0.29, 0.717) is 22.0 Å². The molecule has 1 atom stereocenters. The predicted octanol–water partition coefficient (Wildman–Crippen LogP) is 4.33. The van der Waals surface area contributed by atoms with Gasteiger partial charge in [-0.25, -0.2) is 14.1 Å². The Kier molecular flexibility index (Phi) is 6.28. The molecular formula is C24H21F4N5O2. The lowest BCUT2D eigenvalue weighted by Gasteiger charge is -2.27. The normalized spacial score (nSPS) is 13.7. The number of aliphatic hydroxyl groups is 1. The molecular weight excluding hydrogens is 466 g/mol. The number of hydrogen-bond donors (Lipinski definition) is 2. The Morgan fingerprint density at radius 3 is 2.51 bits per heavy atom. The van der Waals surface area contributed by atoms with E-state index in [-0.39, 0.29) is 24.2 Å². The number of aromatic nitrogens is 4. The summed E-state index contributed by atoms with van der Waals surface area (Å²) in [5, 5.41) is 18.1. The van der Waals surface area contributed by atoms with Gasteiger partial charge >= 0.3 is 6.18 Å². The molecule has 0 aliphatic heterocycles. The summed E-state index contributed by atoms with van der Waals surface area (Å²) in [6.07, 6.45) is -4.33. The van der Waals surface area contributed by atoms with Crippen molar-refractivity contribution in [2.24, 2.45) is 5.73 Å². The number of carbonyl (C=O) groups excluding carboxylic acids is 1. The van der Waals surface area contributed by atoms with E-state index in [4.69, 9.17) is 5.73 Å². The van der Waals surface area contributed by atoms with Crippen LogP contribution >= 0.6 is 0 Å². The maximum Gasteiger partial charge on any atom is 0.423 e. The maximum absolute atomic E-state index is 14.5. The predicted molar refractivity (Wildman–Crippen MR) is 120 cm³/mol. The Hall–Kier alpha value is -3.86. The van der Waals surface area contributed by atoms with Gasteiger partial charge in [0.2, 0.25) is 5.60 Å². The van der Waals surface area contributed by atoms with Gasteiger partial charge in [-0.1, -0.05) is 48.9 Å². The molecule has 7 nitrogen and oxygen atoms in total. The van der Waals surface area contributed by atoms with E-state index in [1.807, 2.05) is 0 Å². The number of hydrogen-bond acceptors (Lipinski definition) is 5. The first-order valence-corrected chi connectivity index (χ1v) is 10.7. The molecule has 11 heteroatoms. The number of halogens is 4. The van der Waals surface area contributed by atoms with Gasteiger partial charge in [-0.3, -0.25) is 4.79 Å². The molecule has 0 radical (unpaired) electrons. The molecule has 182 valence electrons. The van der Waals surface area contributed by atoms with Gasteiger partial charge in [0.25, 0.3) is 5.91 Å². The summed E-state index contributed by atoms with van der Waals surface area (Å²) < 4.78 is 56.1. The zero-order chi connectivity index (χ0) is 25.4. The van der Waals surface area contributed by atoms with Crippen molar-refractivity contribution in [3.05, 3.63) is 77.5 Å². The molecule has 0 fully saturated rings. The first-order valence-electron chi connectivity index (χ1n) is 10.7. The van der Waals surface area contributed by atoms with Gasteiger partial charge in [-0.15, -0.1) is 5.10 Å². The highest BCUT2D eigenvalue weighted by Crippen LogP contribution is 2.41. The third-order valence-corrected chi connectivity index (χ3v) is 5.68. The minimum absolute atomic E-state index is 0.0144. The zero-order valence-electron chi connectivity index (χ0n) is 18.6. The SMILES string of the molecule is CCC[C@](O)(c1cn(Cc2ccc3c(-c4ccccc4F)cc(C(N)=O)nc3c2)nn1)C(F)(F)F. The van der Waals surface area contributed by atoms with E-state index >= 15 is 0 Å². The van der Waals surface area contributed by atoms with Crippen LogP contribution in [0.1, 0.15) is 41.5 Å². The molecule has 35 heavy (non-hydrogen) atoms. The van der Waals surface area contributed by atoms with Crippen molar-refractivity contribution >= 4 is 16.8 Å². The highest BCUT2D eigenvalue weighted by Gasteiger charge is 2.56. The fourth-order valence-corrected chi connectivity index (χ4v) is 3.93. The third-order valence-electron chi connectivity index (χ3n) is 5.68. The van der Waals surface area contributed by atoms with Crippen molar-refractivity contribution in [2.45, 2.75) is 38.1 Å². The topological polar surface area (TPSA) is 107 Å². The fourth-order valence-electron chi connectivity index (χ4n) is 3.93. The molecule has 2 heterocycles. The molecule has 2 aromatic heterocycles. The summed E-state index contributed by atoms with van der Waals surface area (Å²) in [5.74, 6) is -1.28. The summed E-state index contributed by atoms with van der Waals surface area (Å²) in [6, 6.07) is 12.4. The number of alkyl halides is 3. The van der Waals surface area contributed by atoms with Gasteiger partial charge in [0.1, 0.15) is 17.2 Å². The molecule has 0 aliphatic carbocycles. The quantitative estimate of drug-likeness (QED) is 0.378. The van der Waals surface area contributed by atoms with E-state index in [2.05, 4.69) is 15.3 Å². The van der Waals surface area contributed by atoms with Gasteiger partial charge in [-0.05, 0) is 35.7 Å². The molecule has 0 unspecified atom stereocenters. The van der Waals surface area contributed by atoms with Crippen LogP contribution in [-0.4, -0.2) is 37.2 Å². The van der Waals surface area contributed by atoms with Crippen LogP contribution in [-0.2, 0) is 12.1 Å². The Morgan fingerprint density at radius 2 is 1.86 bits per heavy atom. The highest BCUT2D eigenvalue weighted by molar-refractivity contribution is 6.01. The van der Waals surface area contributed by atoms with Gasteiger partial charge in [0.05, 0.1) is 18.3 Å². The first kappa shape index (κ1) is 24.3. The van der Waals surface area contributed by atoms with Gasteiger partial charge in [-0.2, -0.15) is 13.2 Å². The molecule has 0 spiro atoms. The van der Waals surface area contributed by atoms with Crippen molar-refractivity contribution in [2.75, 3.05) is 0 Å². The van der Waals surface area contributed by atoms with E-state index < -0.39 is 35.6 Å². The van der Waals surface area contributed by atoms with E-state index in [1.54, 1.807) is 36.4 Å². The monoisotopic (exact) mass is 487 g/mol. The highest BCUT2D eigenvalue weighted by atomic mass is 19.4. The van der Waals surface area contributed by atoms with Crippen LogP contribution in [0.4, 0.5) is 17.6 Å². The molecule has 2 aromatic carbocycles. The number of benzene rings is 2. The summed E-state index contributed by atoms with van der Waals surface area (Å²) in [6.45, 7) is 1.54. The largest absolute Gasteiger partial charge is 0.423 e. The fraction of sp³-hybridized carbons (Fsp3) is 0.250. The lowest BCUT2D eigenvalue weighted by Crippen LogP contribution is -2.42. The van der Waals surface area contributed by atoms with Crippen molar-refractivity contribution in [1.82, 2.24) is 20.0 Å². The standard InChI is InChI=1S/C24H21F4N5O2/c1-2-9-23(35,24(26,27)28)21-13-33(32-31-21)12-14-7-8-16-17(15-5-3-4-6-18(15)25)11-20(22(29)34)30-19(16)10-14/h3-8,10-11,13,35H,2,9,12H2,1H3,(H2,29,34)/t23-/m0/s1. The van der Waals surface area contributed by atoms with Crippen molar-refractivity contribution in [3.63, 3.8) is 0 Å². The second-order valence-electron chi connectivity index (χ2n) is 8.16. The number of primary amides is 1. The van der Waals surface area contributed by atoms with Crippen molar-refractivity contribution in [1.29, 1.82) is 0 Å². The molecule has 0 saturated carbocycles. The van der Waals surface area contributed by atoms with Crippen molar-refractivity contribution < 1.29 is 27.5 Å². The Labute approximate surface area is 197 Å². The zero-order valence-corrected chi connectivity index (χ0v) is 18.6. The number of amides is 1. The smallest absolute Gasteiger partial charge is 0.375 e. The number of nitrogens with two attached hydrogens (primary N) is 1. The molecule has 3 N–H and O–H groups in total. The summed E-state index contributed by atoms with van der Waals surface area (Å²) in [7, 11) is 0. The van der Waals surface area contributed by atoms with Crippen LogP contribution in [0.3, 0.4) is 0 Å². The number of fused-ring (bicyclic) bond motifs is 1. The second kappa shape index (κ2) is 9.06. The molecule has 0 aliphatic rings. The van der Waals surface area contributed by atoms with E-state index in [1.165, 1.54) is 23.7 Å². The van der Waals surface area contributed by atoms with Crippen LogP contribution in [0.15, 0.2) is 54.7 Å². The molecule has 0 bridgehead atoms. The summed E-state index contributed by atoms with van der Waals surface area (Å²) in [4.78, 5) is 16.1. The Bertz CT molecular complexity index is 1400. The van der Waals surface area contributed by atoms with Crippen LogP contribution in [0.5, 0.6) is 0 Å². The van der Waals surface area contributed by atoms with Gasteiger partial charge in [0.15, 0.2) is 0 Å². The van der Waals surface area contributed by atoms with Crippen LogP contribution in [0.2, 0.25) is 0 Å². The average Bonchev–Trinajstić information content (AvgIpc) is 3.27. The molecule has 0 saturated heterocycles. The third kappa shape index (κ3) is 4.59. The van der Waals surface area contributed by atoms with Gasteiger partial charge < -0.3 is 10.8 Å². The minimum Gasteiger partial charge on any atom is -0.375 e. The summed E-state index contributed by atoms with van der Waals surface area (Å²) >= 11 is 0. The molecule has 4 aromatic rings. The van der Waals surface area contributed by atoms with Crippen LogP contribution < -0.4 is 5.73 Å². The number of pyridine rings is 1. The van der Waals surface area contributed by atoms with E-state index in [9.17, 15) is 27.5 Å². The minimum atomic E-state index is -4.91. The molecule has 1 amide bonds. The number of rotatable bonds is 7. The first-order chi connectivity index (χ1) is 16.5. The maximum atomic E-state index is 14.5. The van der Waals surface area contributed by atoms with Crippen molar-refractivity contribution in [3.8, 4) is 11.1 Å². The lowest BCUT2D eigenvalue weighted by molar-refractivity contribution is -0.270. The lowest BCUT2D eigenvalue weighted by atomic mass is 9.94. The average molecular weight is 487 g/mol. The van der Waals surface area contributed by atoms with Crippen LogP contribution in [0.25, 0.3) is 22.0 Å². The Morgan fingerprint density at radius 1 is 1.11 bits per heavy atom. The van der Waals surface area contributed by atoms with Gasteiger partial charge in [0, 0.05) is 10.9 Å². The number of carbonyl (C=O) groups is 1. The second-order valence-corrected chi connectivity index (χ2v) is 8.16. The summed E-state index contributed by atoms with van der Waals surface area (Å²) in [5.41, 5.74) is 3.27. The number of nitrogens with zero attached hydrogens (tertiary/aromatic N) is 4.